The lowest BCUT2D eigenvalue weighted by Crippen LogP contribution is -2.52. The second kappa shape index (κ2) is 9.17. The predicted octanol–water partition coefficient (Wildman–Crippen LogP) is 1.22. The molecule has 1 aromatic rings. The highest BCUT2D eigenvalue weighted by Gasteiger charge is 2.22. The standard InChI is InChI=1S/C17H27FN2O3/c1-14(12-22-2)20-9-7-19(8-10-20)11-16(21)13-23-17-5-3-15(18)4-6-17/h3-6,14,16,21H,7-13H2,1-2H3. The number of nitrogens with zero attached hydrogens (tertiary/aromatic N) is 2. The average Bonchev–Trinajstić information content (AvgIpc) is 2.55. The van der Waals surface area contributed by atoms with Gasteiger partial charge in [0.25, 0.3) is 0 Å². The van der Waals surface area contributed by atoms with E-state index in [2.05, 4.69) is 16.7 Å². The molecule has 1 aliphatic rings. The van der Waals surface area contributed by atoms with Gasteiger partial charge >= 0.3 is 0 Å². The molecule has 6 heteroatoms. The number of piperazine rings is 1. The Bertz CT molecular complexity index is 450. The van der Waals surface area contributed by atoms with Gasteiger partial charge in [0.2, 0.25) is 0 Å². The Morgan fingerprint density at radius 2 is 1.78 bits per heavy atom. The Kier molecular flexibility index (Phi) is 7.23. The van der Waals surface area contributed by atoms with E-state index >= 15 is 0 Å². The summed E-state index contributed by atoms with van der Waals surface area (Å²) in [4.78, 5) is 4.65. The van der Waals surface area contributed by atoms with Crippen molar-refractivity contribution in [1.29, 1.82) is 0 Å². The molecule has 1 N–H and O–H groups in total. The molecule has 1 aromatic carbocycles. The summed E-state index contributed by atoms with van der Waals surface area (Å²) in [5.74, 6) is 0.280. The minimum atomic E-state index is -0.553. The van der Waals surface area contributed by atoms with Gasteiger partial charge in [0.05, 0.1) is 6.61 Å². The molecule has 0 bridgehead atoms. The molecule has 1 aliphatic heterocycles. The highest BCUT2D eigenvalue weighted by atomic mass is 19.1. The van der Waals surface area contributed by atoms with E-state index in [0.29, 0.717) is 18.3 Å². The zero-order valence-corrected chi connectivity index (χ0v) is 13.9. The molecule has 0 saturated carbocycles. The van der Waals surface area contributed by atoms with Gasteiger partial charge in [0.1, 0.15) is 24.3 Å². The first kappa shape index (κ1) is 18.1. The van der Waals surface area contributed by atoms with Crippen LogP contribution in [0.1, 0.15) is 6.92 Å². The molecule has 2 unspecified atom stereocenters. The van der Waals surface area contributed by atoms with Crippen molar-refractivity contribution in [2.45, 2.75) is 19.1 Å². The number of β-amino-alcohol motifs (C(OH)–C–C–N with tert-alkyl or cyclic N) is 1. The number of ether oxygens (including phenoxy) is 2. The van der Waals surface area contributed by atoms with Crippen molar-refractivity contribution in [2.75, 3.05) is 53.0 Å². The van der Waals surface area contributed by atoms with E-state index in [4.69, 9.17) is 9.47 Å². The summed E-state index contributed by atoms with van der Waals surface area (Å²) in [6, 6.07) is 6.26. The van der Waals surface area contributed by atoms with Crippen molar-refractivity contribution < 1.29 is 19.0 Å². The quantitative estimate of drug-likeness (QED) is 0.778. The fraction of sp³-hybridized carbons (Fsp3) is 0.647. The van der Waals surface area contributed by atoms with Crippen LogP contribution in [0.5, 0.6) is 5.75 Å². The average molecular weight is 326 g/mol. The smallest absolute Gasteiger partial charge is 0.123 e. The first-order valence-electron chi connectivity index (χ1n) is 8.10. The van der Waals surface area contributed by atoms with E-state index < -0.39 is 6.10 Å². The number of rotatable bonds is 8. The summed E-state index contributed by atoms with van der Waals surface area (Å²) in [7, 11) is 1.73. The lowest BCUT2D eigenvalue weighted by molar-refractivity contribution is 0.0250. The third kappa shape index (κ3) is 6.06. The van der Waals surface area contributed by atoms with Gasteiger partial charge in [-0.05, 0) is 31.2 Å². The summed E-state index contributed by atoms with van der Waals surface area (Å²) in [6.45, 7) is 7.55. The van der Waals surface area contributed by atoms with E-state index in [0.717, 1.165) is 32.8 Å². The van der Waals surface area contributed by atoms with Crippen molar-refractivity contribution in [2.24, 2.45) is 0 Å². The maximum Gasteiger partial charge on any atom is 0.123 e. The van der Waals surface area contributed by atoms with Gasteiger partial charge in [-0.25, -0.2) is 4.39 Å². The molecule has 2 atom stereocenters. The Morgan fingerprint density at radius 3 is 2.39 bits per heavy atom. The molecule has 1 saturated heterocycles. The molecule has 0 radical (unpaired) electrons. The van der Waals surface area contributed by atoms with Gasteiger partial charge in [0.15, 0.2) is 0 Å². The summed E-state index contributed by atoms with van der Waals surface area (Å²) in [5.41, 5.74) is 0. The molecule has 5 nitrogen and oxygen atoms in total. The number of hydrogen-bond acceptors (Lipinski definition) is 5. The maximum atomic E-state index is 12.8. The van der Waals surface area contributed by atoms with Gasteiger partial charge in [-0.15, -0.1) is 0 Å². The monoisotopic (exact) mass is 326 g/mol. The second-order valence-corrected chi connectivity index (χ2v) is 6.06. The Labute approximate surface area is 137 Å². The summed E-state index contributed by atoms with van der Waals surface area (Å²) >= 11 is 0. The Hall–Kier alpha value is -1.21. The molecule has 0 aromatic heterocycles. The van der Waals surface area contributed by atoms with Crippen molar-refractivity contribution in [3.8, 4) is 5.75 Å². The van der Waals surface area contributed by atoms with Crippen LogP contribution in [0.25, 0.3) is 0 Å². The fourth-order valence-electron chi connectivity index (χ4n) is 2.81. The summed E-state index contributed by atoms with van der Waals surface area (Å²) in [6.07, 6.45) is -0.553. The number of aliphatic hydroxyl groups is 1. The minimum absolute atomic E-state index is 0.214. The number of halogens is 1. The molecule has 0 amide bonds. The van der Waals surface area contributed by atoms with E-state index in [1.54, 1.807) is 19.2 Å². The maximum absolute atomic E-state index is 12.8. The SMILES string of the molecule is COCC(C)N1CCN(CC(O)COc2ccc(F)cc2)CC1. The third-order valence-electron chi connectivity index (χ3n) is 4.16. The van der Waals surface area contributed by atoms with Crippen LogP contribution in [0.3, 0.4) is 0 Å². The lowest BCUT2D eigenvalue weighted by atomic mass is 10.2. The van der Waals surface area contributed by atoms with Crippen LogP contribution in [-0.4, -0.2) is 80.1 Å². The fourth-order valence-corrected chi connectivity index (χ4v) is 2.81. The summed E-state index contributed by atoms with van der Waals surface area (Å²) in [5, 5.41) is 10.1. The van der Waals surface area contributed by atoms with E-state index in [-0.39, 0.29) is 12.4 Å². The predicted molar refractivity (Wildman–Crippen MR) is 87.3 cm³/mol. The van der Waals surface area contributed by atoms with Crippen LogP contribution in [0.2, 0.25) is 0 Å². The first-order chi connectivity index (χ1) is 11.1. The van der Waals surface area contributed by atoms with Crippen LogP contribution in [0.15, 0.2) is 24.3 Å². The van der Waals surface area contributed by atoms with Crippen molar-refractivity contribution >= 4 is 0 Å². The third-order valence-corrected chi connectivity index (χ3v) is 4.16. The van der Waals surface area contributed by atoms with E-state index in [1.165, 1.54) is 12.1 Å². The van der Waals surface area contributed by atoms with Gasteiger partial charge in [0, 0.05) is 45.9 Å². The van der Waals surface area contributed by atoms with E-state index in [1.807, 2.05) is 0 Å². The van der Waals surface area contributed by atoms with Gasteiger partial charge < -0.3 is 14.6 Å². The normalized spacial score (nSPS) is 19.5. The highest BCUT2D eigenvalue weighted by molar-refractivity contribution is 5.22. The topological polar surface area (TPSA) is 45.2 Å². The molecular weight excluding hydrogens is 299 g/mol. The Morgan fingerprint density at radius 1 is 1.13 bits per heavy atom. The molecule has 1 fully saturated rings. The van der Waals surface area contributed by atoms with E-state index in [9.17, 15) is 9.50 Å². The largest absolute Gasteiger partial charge is 0.491 e. The zero-order chi connectivity index (χ0) is 16.7. The van der Waals surface area contributed by atoms with Gasteiger partial charge in [-0.1, -0.05) is 0 Å². The molecular formula is C17H27FN2O3. The number of hydrogen-bond donors (Lipinski definition) is 1. The van der Waals surface area contributed by atoms with Crippen LogP contribution in [-0.2, 0) is 4.74 Å². The van der Waals surface area contributed by atoms with Gasteiger partial charge in [-0.3, -0.25) is 9.80 Å². The number of methoxy groups -OCH3 is 1. The minimum Gasteiger partial charge on any atom is -0.491 e. The summed E-state index contributed by atoms with van der Waals surface area (Å²) < 4.78 is 23.5. The van der Waals surface area contributed by atoms with Crippen molar-refractivity contribution in [1.82, 2.24) is 9.80 Å². The molecule has 2 rings (SSSR count). The van der Waals surface area contributed by atoms with Crippen LogP contribution < -0.4 is 4.74 Å². The van der Waals surface area contributed by atoms with Crippen LogP contribution >= 0.6 is 0 Å². The first-order valence-corrected chi connectivity index (χ1v) is 8.10. The molecule has 130 valence electrons. The Balaban J connectivity index is 1.66. The molecule has 0 aliphatic carbocycles. The number of benzene rings is 1. The zero-order valence-electron chi connectivity index (χ0n) is 13.9. The highest BCUT2D eigenvalue weighted by Crippen LogP contribution is 2.12. The van der Waals surface area contributed by atoms with Gasteiger partial charge in [-0.2, -0.15) is 0 Å². The number of aliphatic hydroxyl groups excluding tert-OH is 1. The second-order valence-electron chi connectivity index (χ2n) is 6.06. The molecule has 1 heterocycles. The van der Waals surface area contributed by atoms with Crippen molar-refractivity contribution in [3.05, 3.63) is 30.1 Å². The van der Waals surface area contributed by atoms with Crippen LogP contribution in [0.4, 0.5) is 4.39 Å². The van der Waals surface area contributed by atoms with Crippen molar-refractivity contribution in [3.63, 3.8) is 0 Å². The van der Waals surface area contributed by atoms with Crippen LogP contribution in [0, 0.1) is 5.82 Å². The molecule has 0 spiro atoms. The lowest BCUT2D eigenvalue weighted by Gasteiger charge is -2.38. The molecule has 23 heavy (non-hydrogen) atoms.